The molecular formula is C29H30O9. The van der Waals surface area contributed by atoms with E-state index in [1.807, 2.05) is 0 Å². The van der Waals surface area contributed by atoms with E-state index in [-0.39, 0.29) is 24.4 Å². The van der Waals surface area contributed by atoms with E-state index < -0.39 is 23.9 Å². The fraction of sp³-hybridized carbons (Fsp3) is 0.241. The van der Waals surface area contributed by atoms with Crippen LogP contribution in [0.2, 0.25) is 0 Å². The zero-order valence-electron chi connectivity index (χ0n) is 21.2. The monoisotopic (exact) mass is 522 g/mol. The third kappa shape index (κ3) is 11.4. The highest BCUT2D eigenvalue weighted by Gasteiger charge is 2.14. The largest absolute Gasteiger partial charge is 0.494 e. The minimum absolute atomic E-state index is 0.0153. The average molecular weight is 523 g/mol. The molecule has 2 aromatic carbocycles. The lowest BCUT2D eigenvalue weighted by Crippen LogP contribution is -2.15. The van der Waals surface area contributed by atoms with Crippen LogP contribution in [0.5, 0.6) is 17.2 Å². The Bertz CT molecular complexity index is 1150. The molecule has 200 valence electrons. The Balaban J connectivity index is 1.74. The van der Waals surface area contributed by atoms with E-state index in [1.54, 1.807) is 61.5 Å². The van der Waals surface area contributed by atoms with Crippen molar-refractivity contribution >= 4 is 30.0 Å². The van der Waals surface area contributed by atoms with Gasteiger partial charge in [-0.2, -0.15) is 0 Å². The SMILES string of the molecule is C=CC(=O)OCCCCOc1ccc(OC(=O)/C=C/c2ccc(OC(=O)C(=C)CC(=O)OCC)cc2)cc1. The smallest absolute Gasteiger partial charge is 0.339 e. The standard InChI is InChI=1S/C29H30O9/c1-4-26(30)36-19-7-6-18-35-23-13-15-24(16-14-23)37-27(31)17-10-22-8-11-25(12-9-22)38-29(33)21(3)20-28(32)34-5-2/h4,8-17H,1,3,5-7,18-20H2,2H3/b17-10+. The summed E-state index contributed by atoms with van der Waals surface area (Å²) in [6.45, 7) is 9.52. The maximum Gasteiger partial charge on any atom is 0.339 e. The fourth-order valence-corrected chi connectivity index (χ4v) is 2.83. The summed E-state index contributed by atoms with van der Waals surface area (Å²) in [6, 6.07) is 13.0. The zero-order valence-corrected chi connectivity index (χ0v) is 21.2. The van der Waals surface area contributed by atoms with Gasteiger partial charge in [-0.05, 0) is 67.8 Å². The molecule has 38 heavy (non-hydrogen) atoms. The first-order valence-electron chi connectivity index (χ1n) is 11.9. The molecule has 0 unspecified atom stereocenters. The van der Waals surface area contributed by atoms with Crippen molar-refractivity contribution < 1.29 is 42.9 Å². The van der Waals surface area contributed by atoms with Gasteiger partial charge in [0.1, 0.15) is 17.2 Å². The molecule has 0 bridgehead atoms. The Morgan fingerprint density at radius 2 is 1.39 bits per heavy atom. The first-order chi connectivity index (χ1) is 18.3. The predicted octanol–water partition coefficient (Wildman–Crippen LogP) is 4.61. The normalized spacial score (nSPS) is 10.3. The minimum atomic E-state index is -0.729. The van der Waals surface area contributed by atoms with Crippen LogP contribution in [-0.2, 0) is 28.7 Å². The average Bonchev–Trinajstić information content (AvgIpc) is 2.91. The number of hydrogen-bond acceptors (Lipinski definition) is 9. The van der Waals surface area contributed by atoms with Crippen LogP contribution in [0.4, 0.5) is 0 Å². The summed E-state index contributed by atoms with van der Waals surface area (Å²) in [5.41, 5.74) is 0.661. The maximum absolute atomic E-state index is 12.1. The maximum atomic E-state index is 12.1. The summed E-state index contributed by atoms with van der Waals surface area (Å²) in [4.78, 5) is 46.6. The van der Waals surface area contributed by atoms with Gasteiger partial charge in [0, 0.05) is 17.7 Å². The topological polar surface area (TPSA) is 114 Å². The third-order valence-corrected chi connectivity index (χ3v) is 4.71. The van der Waals surface area contributed by atoms with E-state index in [1.165, 1.54) is 6.08 Å². The molecule has 0 amide bonds. The van der Waals surface area contributed by atoms with Crippen LogP contribution in [0, 0.1) is 0 Å². The van der Waals surface area contributed by atoms with Crippen molar-refractivity contribution in [1.29, 1.82) is 0 Å². The molecule has 2 rings (SSSR count). The first-order valence-corrected chi connectivity index (χ1v) is 11.9. The van der Waals surface area contributed by atoms with Crippen molar-refractivity contribution in [1.82, 2.24) is 0 Å². The molecule has 0 aliphatic carbocycles. The predicted molar refractivity (Wildman–Crippen MR) is 139 cm³/mol. The second-order valence-electron chi connectivity index (χ2n) is 7.70. The highest BCUT2D eigenvalue weighted by atomic mass is 16.5. The molecule has 0 saturated heterocycles. The highest BCUT2D eigenvalue weighted by Crippen LogP contribution is 2.19. The van der Waals surface area contributed by atoms with Crippen LogP contribution in [0.15, 0.2) is 79.4 Å². The second kappa shape index (κ2) is 16.2. The molecule has 0 atom stereocenters. The van der Waals surface area contributed by atoms with Gasteiger partial charge in [0.25, 0.3) is 0 Å². The van der Waals surface area contributed by atoms with Gasteiger partial charge in [-0.3, -0.25) is 4.79 Å². The van der Waals surface area contributed by atoms with Gasteiger partial charge in [0.15, 0.2) is 0 Å². The summed E-state index contributed by atoms with van der Waals surface area (Å²) < 4.78 is 25.7. The van der Waals surface area contributed by atoms with Crippen molar-refractivity contribution in [3.63, 3.8) is 0 Å². The summed E-state index contributed by atoms with van der Waals surface area (Å²) in [5, 5.41) is 0. The van der Waals surface area contributed by atoms with E-state index in [2.05, 4.69) is 13.2 Å². The van der Waals surface area contributed by atoms with E-state index in [0.717, 1.165) is 6.08 Å². The van der Waals surface area contributed by atoms with Crippen LogP contribution in [-0.4, -0.2) is 43.7 Å². The van der Waals surface area contributed by atoms with Crippen molar-refractivity contribution in [2.75, 3.05) is 19.8 Å². The minimum Gasteiger partial charge on any atom is -0.494 e. The molecule has 0 spiro atoms. The van der Waals surface area contributed by atoms with Crippen LogP contribution in [0.3, 0.4) is 0 Å². The third-order valence-electron chi connectivity index (χ3n) is 4.71. The Kier molecular flexibility index (Phi) is 12.6. The van der Waals surface area contributed by atoms with Crippen LogP contribution in [0.25, 0.3) is 6.08 Å². The van der Waals surface area contributed by atoms with Gasteiger partial charge >= 0.3 is 23.9 Å². The number of rotatable bonds is 15. The van der Waals surface area contributed by atoms with Gasteiger partial charge in [-0.25, -0.2) is 14.4 Å². The Morgan fingerprint density at radius 1 is 0.789 bits per heavy atom. The van der Waals surface area contributed by atoms with E-state index in [9.17, 15) is 19.2 Å². The number of esters is 4. The van der Waals surface area contributed by atoms with Gasteiger partial charge in [0.2, 0.25) is 0 Å². The molecule has 9 nitrogen and oxygen atoms in total. The molecule has 0 heterocycles. The van der Waals surface area contributed by atoms with Gasteiger partial charge < -0.3 is 23.7 Å². The lowest BCUT2D eigenvalue weighted by Gasteiger charge is -2.07. The van der Waals surface area contributed by atoms with Crippen molar-refractivity contribution in [2.24, 2.45) is 0 Å². The number of carbonyl (C=O) groups excluding carboxylic acids is 4. The summed E-state index contributed by atoms with van der Waals surface area (Å²) in [5.74, 6) is -1.06. The van der Waals surface area contributed by atoms with Gasteiger partial charge in [-0.1, -0.05) is 25.3 Å². The Hall–Kier alpha value is -4.66. The summed E-state index contributed by atoms with van der Waals surface area (Å²) in [7, 11) is 0. The molecule has 0 fully saturated rings. The van der Waals surface area contributed by atoms with Crippen LogP contribution < -0.4 is 14.2 Å². The van der Waals surface area contributed by atoms with Gasteiger partial charge in [-0.15, -0.1) is 0 Å². The Labute approximate surface area is 221 Å². The second-order valence-corrected chi connectivity index (χ2v) is 7.70. The zero-order chi connectivity index (χ0) is 27.8. The van der Waals surface area contributed by atoms with E-state index >= 15 is 0 Å². The highest BCUT2D eigenvalue weighted by molar-refractivity contribution is 5.94. The van der Waals surface area contributed by atoms with Crippen LogP contribution >= 0.6 is 0 Å². The van der Waals surface area contributed by atoms with Gasteiger partial charge in [0.05, 0.1) is 26.2 Å². The van der Waals surface area contributed by atoms with Crippen molar-refractivity contribution in [2.45, 2.75) is 26.2 Å². The molecule has 0 aromatic heterocycles. The number of ether oxygens (including phenoxy) is 5. The van der Waals surface area contributed by atoms with Crippen molar-refractivity contribution in [3.8, 4) is 17.2 Å². The molecular weight excluding hydrogens is 492 g/mol. The molecule has 9 heteroatoms. The molecule has 0 saturated carbocycles. The van der Waals surface area contributed by atoms with E-state index in [0.29, 0.717) is 43.1 Å². The summed E-state index contributed by atoms with van der Waals surface area (Å²) >= 11 is 0. The lowest BCUT2D eigenvalue weighted by atomic mass is 10.2. The Morgan fingerprint density at radius 3 is 2.05 bits per heavy atom. The first kappa shape index (κ1) is 29.6. The number of unbranched alkanes of at least 4 members (excludes halogenated alkanes) is 1. The quantitative estimate of drug-likeness (QED) is 0.143. The summed E-state index contributed by atoms with van der Waals surface area (Å²) in [6.07, 6.45) is 5.07. The number of hydrogen-bond donors (Lipinski definition) is 0. The van der Waals surface area contributed by atoms with Crippen molar-refractivity contribution in [3.05, 3.63) is 85.0 Å². The lowest BCUT2D eigenvalue weighted by molar-refractivity contribution is -0.144. The fourth-order valence-electron chi connectivity index (χ4n) is 2.83. The number of benzene rings is 2. The molecule has 0 radical (unpaired) electrons. The van der Waals surface area contributed by atoms with E-state index in [4.69, 9.17) is 23.7 Å². The molecule has 0 N–H and O–H groups in total. The number of carbonyl (C=O) groups is 4. The van der Waals surface area contributed by atoms with Crippen LogP contribution in [0.1, 0.15) is 31.7 Å². The molecule has 0 aliphatic rings. The molecule has 2 aromatic rings. The molecule has 0 aliphatic heterocycles.